The number of benzene rings is 2. The molecule has 0 saturated carbocycles. The highest BCUT2D eigenvalue weighted by molar-refractivity contribution is 7.98. The highest BCUT2D eigenvalue weighted by Gasteiger charge is 2.05. The Morgan fingerprint density at radius 3 is 2.71 bits per heavy atom. The third-order valence-electron chi connectivity index (χ3n) is 2.93. The van der Waals surface area contributed by atoms with Crippen LogP contribution in [0.3, 0.4) is 0 Å². The molecule has 3 aromatic rings. The maximum atomic E-state index is 12.0. The normalized spacial score (nSPS) is 10.9. The lowest BCUT2D eigenvalue weighted by atomic mass is 10.2. The Kier molecular flexibility index (Phi) is 3.86. The molecular formula is C15H11ClN2O2S. The van der Waals surface area contributed by atoms with Crippen LogP contribution in [-0.2, 0) is 5.75 Å². The van der Waals surface area contributed by atoms with Crippen LogP contribution in [0.25, 0.3) is 10.9 Å². The van der Waals surface area contributed by atoms with Crippen LogP contribution in [0.5, 0.6) is 5.75 Å². The molecule has 6 heteroatoms. The Morgan fingerprint density at radius 2 is 1.95 bits per heavy atom. The summed E-state index contributed by atoms with van der Waals surface area (Å²) in [5, 5.41) is 10.2. The minimum Gasteiger partial charge on any atom is -0.508 e. The molecule has 0 aliphatic heterocycles. The van der Waals surface area contributed by atoms with Gasteiger partial charge in [0.05, 0.1) is 16.7 Å². The predicted octanol–water partition coefficient (Wildman–Crippen LogP) is 3.57. The van der Waals surface area contributed by atoms with Crippen LogP contribution < -0.4 is 5.56 Å². The number of thioether (sulfide) groups is 1. The average Bonchev–Trinajstić information content (AvgIpc) is 2.47. The van der Waals surface area contributed by atoms with Gasteiger partial charge < -0.3 is 10.1 Å². The van der Waals surface area contributed by atoms with Crippen molar-refractivity contribution in [2.45, 2.75) is 10.6 Å². The van der Waals surface area contributed by atoms with Gasteiger partial charge in [-0.2, -0.15) is 0 Å². The molecule has 106 valence electrons. The molecular weight excluding hydrogens is 308 g/mol. The van der Waals surface area contributed by atoms with Gasteiger partial charge in [-0.25, -0.2) is 4.98 Å². The second-order valence-electron chi connectivity index (χ2n) is 4.46. The van der Waals surface area contributed by atoms with Gasteiger partial charge in [-0.15, -0.1) is 11.8 Å². The molecule has 21 heavy (non-hydrogen) atoms. The smallest absolute Gasteiger partial charge is 0.258 e. The largest absolute Gasteiger partial charge is 0.508 e. The first kappa shape index (κ1) is 14.0. The van der Waals surface area contributed by atoms with E-state index in [1.807, 2.05) is 12.1 Å². The van der Waals surface area contributed by atoms with Crippen molar-refractivity contribution in [1.29, 1.82) is 0 Å². The Morgan fingerprint density at radius 1 is 1.19 bits per heavy atom. The van der Waals surface area contributed by atoms with Gasteiger partial charge in [-0.05, 0) is 42.5 Å². The van der Waals surface area contributed by atoms with E-state index in [2.05, 4.69) is 9.97 Å². The van der Waals surface area contributed by atoms with Crippen molar-refractivity contribution < 1.29 is 5.11 Å². The lowest BCUT2D eigenvalue weighted by Crippen LogP contribution is -2.11. The Labute approximate surface area is 129 Å². The second-order valence-corrected chi connectivity index (χ2v) is 5.94. The van der Waals surface area contributed by atoms with E-state index in [0.29, 0.717) is 27.5 Å². The monoisotopic (exact) mass is 318 g/mol. The summed E-state index contributed by atoms with van der Waals surface area (Å²) in [4.78, 5) is 20.2. The van der Waals surface area contributed by atoms with E-state index >= 15 is 0 Å². The Hall–Kier alpha value is -1.98. The second kappa shape index (κ2) is 5.79. The minimum atomic E-state index is -0.191. The van der Waals surface area contributed by atoms with Crippen molar-refractivity contribution in [1.82, 2.24) is 9.97 Å². The molecule has 0 amide bonds. The highest BCUT2D eigenvalue weighted by atomic mass is 35.5. The number of halogens is 1. The fourth-order valence-electron chi connectivity index (χ4n) is 1.92. The van der Waals surface area contributed by atoms with Gasteiger partial charge in [-0.3, -0.25) is 4.79 Å². The van der Waals surface area contributed by atoms with Crippen LogP contribution in [0.4, 0.5) is 0 Å². The van der Waals surface area contributed by atoms with Gasteiger partial charge in [0.1, 0.15) is 11.6 Å². The number of phenolic OH excluding ortho intramolecular Hbond substituents is 1. The van der Waals surface area contributed by atoms with Gasteiger partial charge in [-0.1, -0.05) is 11.6 Å². The molecule has 3 rings (SSSR count). The van der Waals surface area contributed by atoms with Gasteiger partial charge in [0.25, 0.3) is 5.56 Å². The summed E-state index contributed by atoms with van der Waals surface area (Å²) in [7, 11) is 0. The summed E-state index contributed by atoms with van der Waals surface area (Å²) in [6.45, 7) is 0. The predicted molar refractivity (Wildman–Crippen MR) is 85.0 cm³/mol. The van der Waals surface area contributed by atoms with Crippen LogP contribution in [0.1, 0.15) is 5.82 Å². The summed E-state index contributed by atoms with van der Waals surface area (Å²) in [5.74, 6) is 1.37. The zero-order valence-corrected chi connectivity index (χ0v) is 12.4. The van der Waals surface area contributed by atoms with E-state index in [9.17, 15) is 9.90 Å². The molecule has 2 N–H and O–H groups in total. The molecule has 1 heterocycles. The van der Waals surface area contributed by atoms with Crippen molar-refractivity contribution in [2.24, 2.45) is 0 Å². The third kappa shape index (κ3) is 3.20. The molecule has 0 unspecified atom stereocenters. The van der Waals surface area contributed by atoms with Gasteiger partial charge in [0.15, 0.2) is 0 Å². The maximum absolute atomic E-state index is 12.0. The number of aromatic amines is 1. The first-order valence-electron chi connectivity index (χ1n) is 6.22. The van der Waals surface area contributed by atoms with Crippen molar-refractivity contribution in [2.75, 3.05) is 0 Å². The number of nitrogens with zero attached hydrogens (tertiary/aromatic N) is 1. The highest BCUT2D eigenvalue weighted by Crippen LogP contribution is 2.23. The zero-order valence-electron chi connectivity index (χ0n) is 10.8. The number of phenols is 1. The minimum absolute atomic E-state index is 0.191. The molecule has 0 atom stereocenters. The molecule has 0 spiro atoms. The van der Waals surface area contributed by atoms with Gasteiger partial charge in [0.2, 0.25) is 0 Å². The fraction of sp³-hybridized carbons (Fsp3) is 0.0667. The molecule has 4 nitrogen and oxygen atoms in total. The number of nitrogens with one attached hydrogen (secondary N) is 1. The standard InChI is InChI=1S/C15H11ClN2O2S/c16-9-1-6-13-12(7-9)15(20)18-14(17-13)8-21-11-4-2-10(19)3-5-11/h1-7,19H,8H2,(H,17,18,20). The molecule has 0 aliphatic rings. The van der Waals surface area contributed by atoms with Gasteiger partial charge in [0, 0.05) is 9.92 Å². The van der Waals surface area contributed by atoms with E-state index in [1.165, 1.54) is 11.8 Å². The Bertz CT molecular complexity index is 846. The first-order valence-corrected chi connectivity index (χ1v) is 7.58. The average molecular weight is 319 g/mol. The number of rotatable bonds is 3. The molecule has 0 fully saturated rings. The summed E-state index contributed by atoms with van der Waals surface area (Å²) < 4.78 is 0. The Balaban J connectivity index is 1.86. The number of aromatic hydroxyl groups is 1. The number of H-pyrrole nitrogens is 1. The zero-order chi connectivity index (χ0) is 14.8. The summed E-state index contributed by atoms with van der Waals surface area (Å²) >= 11 is 7.41. The van der Waals surface area contributed by atoms with Crippen LogP contribution >= 0.6 is 23.4 Å². The van der Waals surface area contributed by atoms with E-state index < -0.39 is 0 Å². The van der Waals surface area contributed by atoms with E-state index in [0.717, 1.165) is 4.90 Å². The lowest BCUT2D eigenvalue weighted by Gasteiger charge is -2.04. The van der Waals surface area contributed by atoms with Crippen LogP contribution in [0.2, 0.25) is 5.02 Å². The van der Waals surface area contributed by atoms with Crippen LogP contribution in [0.15, 0.2) is 52.2 Å². The number of hydrogen-bond acceptors (Lipinski definition) is 4. The number of aromatic nitrogens is 2. The summed E-state index contributed by atoms with van der Waals surface area (Å²) in [6.07, 6.45) is 0. The first-order chi connectivity index (χ1) is 10.1. The summed E-state index contributed by atoms with van der Waals surface area (Å²) in [6, 6.07) is 12.0. The third-order valence-corrected chi connectivity index (χ3v) is 4.19. The maximum Gasteiger partial charge on any atom is 0.258 e. The van der Waals surface area contributed by atoms with E-state index in [4.69, 9.17) is 11.6 Å². The molecule has 0 saturated heterocycles. The van der Waals surface area contributed by atoms with Crippen LogP contribution in [-0.4, -0.2) is 15.1 Å². The molecule has 0 bridgehead atoms. The van der Waals surface area contributed by atoms with Crippen LogP contribution in [0, 0.1) is 0 Å². The van der Waals surface area contributed by atoms with E-state index in [-0.39, 0.29) is 11.3 Å². The molecule has 0 radical (unpaired) electrons. The fourth-order valence-corrected chi connectivity index (χ4v) is 2.86. The van der Waals surface area contributed by atoms with Crippen molar-refractivity contribution in [3.05, 3.63) is 63.7 Å². The van der Waals surface area contributed by atoms with E-state index in [1.54, 1.807) is 30.3 Å². The van der Waals surface area contributed by atoms with Crippen molar-refractivity contribution in [3.8, 4) is 5.75 Å². The summed E-state index contributed by atoms with van der Waals surface area (Å²) in [5.41, 5.74) is 0.438. The lowest BCUT2D eigenvalue weighted by molar-refractivity contribution is 0.475. The van der Waals surface area contributed by atoms with Gasteiger partial charge >= 0.3 is 0 Å². The quantitative estimate of drug-likeness (QED) is 0.724. The number of fused-ring (bicyclic) bond motifs is 1. The molecule has 0 aliphatic carbocycles. The van der Waals surface area contributed by atoms with Crippen molar-refractivity contribution in [3.63, 3.8) is 0 Å². The topological polar surface area (TPSA) is 66.0 Å². The number of hydrogen-bond donors (Lipinski definition) is 2. The molecule has 1 aromatic heterocycles. The SMILES string of the molecule is O=c1[nH]c(CSc2ccc(O)cc2)nc2ccc(Cl)cc12. The molecule has 2 aromatic carbocycles. The van der Waals surface area contributed by atoms with Crippen molar-refractivity contribution >= 4 is 34.3 Å².